The van der Waals surface area contributed by atoms with Crippen molar-refractivity contribution in [1.29, 1.82) is 5.26 Å². The Labute approximate surface area is 202 Å². The van der Waals surface area contributed by atoms with Crippen LogP contribution in [-0.4, -0.2) is 41.5 Å². The van der Waals surface area contributed by atoms with Crippen LogP contribution >= 0.6 is 11.3 Å². The fourth-order valence-corrected chi connectivity index (χ4v) is 5.48. The molecule has 1 aromatic carbocycles. The normalized spacial score (nSPS) is 15.8. The van der Waals surface area contributed by atoms with E-state index in [2.05, 4.69) is 18.0 Å². The second-order valence-electron chi connectivity index (χ2n) is 8.28. The van der Waals surface area contributed by atoms with Gasteiger partial charge in [0.2, 0.25) is 0 Å². The number of nitrogen functional groups attached to an aromatic ring is 2. The Bertz CT molecular complexity index is 1290. The zero-order chi connectivity index (χ0) is 24.4. The summed E-state index contributed by atoms with van der Waals surface area (Å²) in [6.45, 7) is 4.97. The van der Waals surface area contributed by atoms with Crippen LogP contribution in [0.4, 0.5) is 11.5 Å². The first-order valence-corrected chi connectivity index (χ1v) is 12.2. The van der Waals surface area contributed by atoms with Gasteiger partial charge in [-0.15, -0.1) is 11.3 Å². The summed E-state index contributed by atoms with van der Waals surface area (Å²) >= 11 is 1.16. The standard InChI is InChI=1S/C25H27N5O3S/c1-3-14-7-9-15(10-8-14)18-17(12-26)22(28)29-23-19(18)20(27)21(34-23)24(31)30-11-5-6-16(13-30)25(32)33-4-2/h7-10,16H,3-6,11,13,27H2,1-2H3,(H2,28,29). The SMILES string of the molecule is CCOC(=O)C1CCCN(C(=O)c2sc3nc(N)c(C#N)c(-c4ccc(CC)cc4)c3c2N)C1. The molecular formula is C25H27N5O3S. The molecule has 4 rings (SSSR count). The molecule has 4 N–H and O–H groups in total. The number of nitrogens with two attached hydrogens (primary N) is 2. The van der Waals surface area contributed by atoms with Crippen molar-refractivity contribution in [2.24, 2.45) is 5.92 Å². The Morgan fingerprint density at radius 2 is 2.00 bits per heavy atom. The molecule has 0 bridgehead atoms. The minimum absolute atomic E-state index is 0.102. The van der Waals surface area contributed by atoms with E-state index in [0.717, 1.165) is 28.9 Å². The third-order valence-electron chi connectivity index (χ3n) is 6.19. The molecule has 0 saturated carbocycles. The lowest BCUT2D eigenvalue weighted by molar-refractivity contribution is -0.149. The smallest absolute Gasteiger partial charge is 0.310 e. The minimum atomic E-state index is -0.347. The molecule has 1 unspecified atom stereocenters. The van der Waals surface area contributed by atoms with E-state index in [4.69, 9.17) is 16.2 Å². The van der Waals surface area contributed by atoms with Crippen LogP contribution in [0, 0.1) is 17.2 Å². The van der Waals surface area contributed by atoms with Crippen molar-refractivity contribution in [3.8, 4) is 17.2 Å². The van der Waals surface area contributed by atoms with Gasteiger partial charge in [-0.05, 0) is 37.3 Å². The second-order valence-corrected chi connectivity index (χ2v) is 9.28. The number of hydrogen-bond acceptors (Lipinski definition) is 8. The van der Waals surface area contributed by atoms with Gasteiger partial charge in [-0.3, -0.25) is 9.59 Å². The number of pyridine rings is 1. The number of likely N-dealkylation sites (tertiary alicyclic amines) is 1. The van der Waals surface area contributed by atoms with Crippen LogP contribution in [0.25, 0.3) is 21.3 Å². The summed E-state index contributed by atoms with van der Waals surface area (Å²) in [5, 5.41) is 10.4. The third kappa shape index (κ3) is 4.17. The predicted molar refractivity (Wildman–Crippen MR) is 133 cm³/mol. The molecule has 2 aromatic heterocycles. The molecule has 3 heterocycles. The van der Waals surface area contributed by atoms with E-state index >= 15 is 0 Å². The van der Waals surface area contributed by atoms with Crippen molar-refractivity contribution in [2.45, 2.75) is 33.1 Å². The quantitative estimate of drug-likeness (QED) is 0.531. The molecule has 1 amide bonds. The van der Waals surface area contributed by atoms with E-state index in [0.29, 0.717) is 46.7 Å². The van der Waals surface area contributed by atoms with Crippen molar-refractivity contribution in [1.82, 2.24) is 9.88 Å². The number of carbonyl (C=O) groups is 2. The molecule has 8 nitrogen and oxygen atoms in total. The van der Waals surface area contributed by atoms with Gasteiger partial charge in [-0.2, -0.15) is 5.26 Å². The third-order valence-corrected chi connectivity index (χ3v) is 7.28. The predicted octanol–water partition coefficient (Wildman–Crippen LogP) is 3.98. The van der Waals surface area contributed by atoms with Crippen LogP contribution in [0.3, 0.4) is 0 Å². The maximum absolute atomic E-state index is 13.5. The van der Waals surface area contributed by atoms with Gasteiger partial charge in [0.1, 0.15) is 27.2 Å². The van der Waals surface area contributed by atoms with Gasteiger partial charge in [-0.25, -0.2) is 4.98 Å². The van der Waals surface area contributed by atoms with Crippen LogP contribution in [-0.2, 0) is 16.0 Å². The van der Waals surface area contributed by atoms with Crippen LogP contribution in [0.15, 0.2) is 24.3 Å². The fraction of sp³-hybridized carbons (Fsp3) is 0.360. The molecule has 3 aromatic rings. The Morgan fingerprint density at radius 1 is 1.26 bits per heavy atom. The van der Waals surface area contributed by atoms with E-state index in [1.54, 1.807) is 11.8 Å². The Morgan fingerprint density at radius 3 is 2.65 bits per heavy atom. The topological polar surface area (TPSA) is 135 Å². The van der Waals surface area contributed by atoms with Gasteiger partial charge in [0, 0.05) is 24.0 Å². The summed E-state index contributed by atoms with van der Waals surface area (Å²) in [4.78, 5) is 32.6. The number of carbonyl (C=O) groups excluding carboxylic acids is 2. The first kappa shape index (κ1) is 23.5. The number of benzene rings is 1. The average Bonchev–Trinajstić information content (AvgIpc) is 3.18. The van der Waals surface area contributed by atoms with E-state index < -0.39 is 0 Å². The second kappa shape index (κ2) is 9.69. The number of hydrogen-bond donors (Lipinski definition) is 2. The molecule has 1 aliphatic rings. The molecule has 0 radical (unpaired) electrons. The van der Waals surface area contributed by atoms with Crippen LogP contribution in [0.5, 0.6) is 0 Å². The number of anilines is 2. The first-order chi connectivity index (χ1) is 16.4. The fourth-order valence-electron chi connectivity index (χ4n) is 4.40. The first-order valence-electron chi connectivity index (χ1n) is 11.4. The average molecular weight is 478 g/mol. The molecule has 34 heavy (non-hydrogen) atoms. The lowest BCUT2D eigenvalue weighted by atomic mass is 9.95. The molecule has 1 aliphatic heterocycles. The minimum Gasteiger partial charge on any atom is -0.466 e. The zero-order valence-corrected chi connectivity index (χ0v) is 20.1. The van der Waals surface area contributed by atoms with Crippen LogP contribution in [0.2, 0.25) is 0 Å². The molecule has 0 aliphatic carbocycles. The van der Waals surface area contributed by atoms with Crippen molar-refractivity contribution < 1.29 is 14.3 Å². The highest BCUT2D eigenvalue weighted by Gasteiger charge is 2.32. The van der Waals surface area contributed by atoms with Crippen molar-refractivity contribution in [3.63, 3.8) is 0 Å². The number of thiophene rings is 1. The number of aryl methyl sites for hydroxylation is 1. The monoisotopic (exact) mass is 477 g/mol. The van der Waals surface area contributed by atoms with Gasteiger partial charge in [0.25, 0.3) is 5.91 Å². The van der Waals surface area contributed by atoms with Crippen molar-refractivity contribution in [2.75, 3.05) is 31.2 Å². The number of esters is 1. The number of piperidine rings is 1. The van der Waals surface area contributed by atoms with Gasteiger partial charge in [-0.1, -0.05) is 31.2 Å². The summed E-state index contributed by atoms with van der Waals surface area (Å²) < 4.78 is 5.15. The zero-order valence-electron chi connectivity index (χ0n) is 19.3. The molecule has 9 heteroatoms. The Kier molecular flexibility index (Phi) is 6.70. The molecule has 1 fully saturated rings. The maximum Gasteiger partial charge on any atom is 0.310 e. The number of amides is 1. The Hall–Kier alpha value is -3.64. The summed E-state index contributed by atoms with van der Waals surface area (Å²) in [5.74, 6) is -0.779. The highest BCUT2D eigenvalue weighted by molar-refractivity contribution is 7.21. The highest BCUT2D eigenvalue weighted by Crippen LogP contribution is 2.43. The summed E-state index contributed by atoms with van der Waals surface area (Å²) in [6, 6.07) is 10.0. The molecule has 176 valence electrons. The van der Waals surface area contributed by atoms with Gasteiger partial charge in [0.15, 0.2) is 0 Å². The number of aromatic nitrogens is 1. The molecule has 0 spiro atoms. The lowest BCUT2D eigenvalue weighted by Crippen LogP contribution is -2.42. The lowest BCUT2D eigenvalue weighted by Gasteiger charge is -2.31. The number of nitrogens with zero attached hydrogens (tertiary/aromatic N) is 3. The van der Waals surface area contributed by atoms with E-state index in [1.807, 2.05) is 24.3 Å². The highest BCUT2D eigenvalue weighted by atomic mass is 32.1. The number of rotatable bonds is 5. The van der Waals surface area contributed by atoms with Crippen LogP contribution in [0.1, 0.15) is 47.5 Å². The van der Waals surface area contributed by atoms with E-state index in [1.165, 1.54) is 0 Å². The summed E-state index contributed by atoms with van der Waals surface area (Å²) in [7, 11) is 0. The largest absolute Gasteiger partial charge is 0.466 e. The van der Waals surface area contributed by atoms with Crippen molar-refractivity contribution >= 4 is 44.9 Å². The maximum atomic E-state index is 13.5. The summed E-state index contributed by atoms with van der Waals surface area (Å²) in [5.41, 5.74) is 15.7. The van der Waals surface area contributed by atoms with E-state index in [9.17, 15) is 14.9 Å². The van der Waals surface area contributed by atoms with Gasteiger partial charge >= 0.3 is 5.97 Å². The number of nitriles is 1. The Balaban J connectivity index is 1.78. The number of fused-ring (bicyclic) bond motifs is 1. The van der Waals surface area contributed by atoms with Gasteiger partial charge < -0.3 is 21.1 Å². The molecule has 1 atom stereocenters. The van der Waals surface area contributed by atoms with Gasteiger partial charge in [0.05, 0.1) is 18.2 Å². The number of ether oxygens (including phenoxy) is 1. The van der Waals surface area contributed by atoms with E-state index in [-0.39, 0.29) is 41.4 Å². The molecular weight excluding hydrogens is 450 g/mol. The van der Waals surface area contributed by atoms with Crippen LogP contribution < -0.4 is 11.5 Å². The van der Waals surface area contributed by atoms with Crippen molar-refractivity contribution in [3.05, 3.63) is 40.3 Å². The summed E-state index contributed by atoms with van der Waals surface area (Å²) in [6.07, 6.45) is 2.28. The molecule has 1 saturated heterocycles.